The molecular weight excluding hydrogens is 320 g/mol. The Morgan fingerprint density at radius 2 is 1.64 bits per heavy atom. The van der Waals surface area contributed by atoms with E-state index < -0.39 is 24.5 Å². The van der Waals surface area contributed by atoms with E-state index in [1.165, 1.54) is 0 Å². The fourth-order valence-electron chi connectivity index (χ4n) is 2.29. The zero-order chi connectivity index (χ0) is 18.2. The molecule has 3 N–H and O–H groups in total. The summed E-state index contributed by atoms with van der Waals surface area (Å²) in [6.07, 6.45) is 0.268. The Balaban J connectivity index is 2.12. The Labute approximate surface area is 145 Å². The first-order valence-corrected chi connectivity index (χ1v) is 7.86. The molecule has 0 radical (unpaired) electrons. The average Bonchev–Trinajstić information content (AvgIpc) is 2.61. The first-order valence-electron chi connectivity index (χ1n) is 7.86. The first-order chi connectivity index (χ1) is 12.0. The highest BCUT2D eigenvalue weighted by molar-refractivity contribution is 5.97. The van der Waals surface area contributed by atoms with Gasteiger partial charge in [0.05, 0.1) is 0 Å². The molecule has 0 saturated heterocycles. The molecule has 0 bridgehead atoms. The van der Waals surface area contributed by atoms with E-state index in [-0.39, 0.29) is 12.3 Å². The summed E-state index contributed by atoms with van der Waals surface area (Å²) in [4.78, 5) is 35.3. The quantitative estimate of drug-likeness (QED) is 0.712. The van der Waals surface area contributed by atoms with E-state index >= 15 is 0 Å². The second kappa shape index (κ2) is 8.63. The van der Waals surface area contributed by atoms with E-state index in [0.717, 1.165) is 11.1 Å². The van der Waals surface area contributed by atoms with Gasteiger partial charge in [0.2, 0.25) is 5.91 Å². The number of carbonyl (C=O) groups excluding carboxylic acids is 2. The lowest BCUT2D eigenvalue weighted by Crippen LogP contribution is -2.49. The lowest BCUT2D eigenvalue weighted by molar-refractivity contribution is -0.138. The van der Waals surface area contributed by atoms with Gasteiger partial charge in [-0.2, -0.15) is 0 Å². The van der Waals surface area contributed by atoms with Gasteiger partial charge in [-0.05, 0) is 24.6 Å². The minimum absolute atomic E-state index is 0.268. The number of carboxylic acids is 1. The van der Waals surface area contributed by atoms with Crippen molar-refractivity contribution in [3.05, 3.63) is 71.3 Å². The lowest BCUT2D eigenvalue weighted by Gasteiger charge is -2.18. The van der Waals surface area contributed by atoms with Gasteiger partial charge >= 0.3 is 5.97 Å². The summed E-state index contributed by atoms with van der Waals surface area (Å²) in [5, 5.41) is 13.7. The Morgan fingerprint density at radius 3 is 2.24 bits per heavy atom. The van der Waals surface area contributed by atoms with Crippen LogP contribution in [0, 0.1) is 6.92 Å². The number of carboxylic acid groups (broad SMARTS) is 1. The maximum atomic E-state index is 12.3. The molecule has 25 heavy (non-hydrogen) atoms. The molecule has 0 aliphatic rings. The summed E-state index contributed by atoms with van der Waals surface area (Å²) in [6, 6.07) is 15.3. The van der Waals surface area contributed by atoms with E-state index in [9.17, 15) is 14.4 Å². The number of benzene rings is 2. The van der Waals surface area contributed by atoms with Crippen LogP contribution in [0.3, 0.4) is 0 Å². The molecule has 130 valence electrons. The number of hydrogen-bond acceptors (Lipinski definition) is 3. The van der Waals surface area contributed by atoms with Gasteiger partial charge in [-0.1, -0.05) is 48.0 Å². The molecule has 0 unspecified atom stereocenters. The van der Waals surface area contributed by atoms with Crippen LogP contribution in [0.15, 0.2) is 54.6 Å². The summed E-state index contributed by atoms with van der Waals surface area (Å²) in [6.45, 7) is 1.46. The molecule has 0 fully saturated rings. The van der Waals surface area contributed by atoms with E-state index in [0.29, 0.717) is 5.56 Å². The fourth-order valence-corrected chi connectivity index (χ4v) is 2.29. The number of rotatable bonds is 7. The Kier molecular flexibility index (Phi) is 6.28. The van der Waals surface area contributed by atoms with Crippen molar-refractivity contribution < 1.29 is 19.5 Å². The largest absolute Gasteiger partial charge is 0.480 e. The zero-order valence-electron chi connectivity index (χ0n) is 13.9. The monoisotopic (exact) mass is 340 g/mol. The van der Waals surface area contributed by atoms with Gasteiger partial charge in [0.15, 0.2) is 0 Å². The number of carbonyl (C=O) groups is 3. The maximum Gasteiger partial charge on any atom is 0.322 e. The number of amides is 2. The van der Waals surface area contributed by atoms with Crippen LogP contribution >= 0.6 is 0 Å². The predicted molar refractivity (Wildman–Crippen MR) is 93.2 cm³/mol. The van der Waals surface area contributed by atoms with Gasteiger partial charge in [0.25, 0.3) is 5.91 Å². The molecule has 0 aliphatic heterocycles. The van der Waals surface area contributed by atoms with Crippen molar-refractivity contribution in [2.45, 2.75) is 19.4 Å². The summed E-state index contributed by atoms with van der Waals surface area (Å²) < 4.78 is 0. The topological polar surface area (TPSA) is 95.5 Å². The molecular formula is C19H20N2O4. The van der Waals surface area contributed by atoms with Crippen molar-refractivity contribution >= 4 is 17.8 Å². The average molecular weight is 340 g/mol. The van der Waals surface area contributed by atoms with E-state index in [4.69, 9.17) is 5.11 Å². The van der Waals surface area contributed by atoms with Crippen molar-refractivity contribution in [3.63, 3.8) is 0 Å². The van der Waals surface area contributed by atoms with Gasteiger partial charge in [-0.15, -0.1) is 0 Å². The molecule has 0 spiro atoms. The van der Waals surface area contributed by atoms with Gasteiger partial charge in [0.1, 0.15) is 12.6 Å². The Morgan fingerprint density at radius 1 is 1.00 bits per heavy atom. The molecule has 2 amide bonds. The van der Waals surface area contributed by atoms with Gasteiger partial charge in [0, 0.05) is 12.0 Å². The maximum absolute atomic E-state index is 12.3. The molecule has 2 aromatic carbocycles. The van der Waals surface area contributed by atoms with Crippen LogP contribution in [0.2, 0.25) is 0 Å². The van der Waals surface area contributed by atoms with Gasteiger partial charge < -0.3 is 15.7 Å². The number of hydrogen-bond donors (Lipinski definition) is 3. The minimum Gasteiger partial charge on any atom is -0.480 e. The normalized spacial score (nSPS) is 11.4. The Bertz CT molecular complexity index is 742. The predicted octanol–water partition coefficient (Wildman–Crippen LogP) is 1.54. The van der Waals surface area contributed by atoms with E-state index in [1.54, 1.807) is 30.3 Å². The summed E-state index contributed by atoms with van der Waals surface area (Å²) in [5.41, 5.74) is 2.39. The first kappa shape index (κ1) is 18.2. The van der Waals surface area contributed by atoms with Gasteiger partial charge in [-0.25, -0.2) is 0 Å². The van der Waals surface area contributed by atoms with Crippen molar-refractivity contribution in [1.82, 2.24) is 10.6 Å². The lowest BCUT2D eigenvalue weighted by atomic mass is 10.0. The minimum atomic E-state index is -1.14. The molecule has 0 heterocycles. The van der Waals surface area contributed by atoms with E-state index in [1.807, 2.05) is 31.2 Å². The summed E-state index contributed by atoms with van der Waals surface area (Å²) in [7, 11) is 0. The summed E-state index contributed by atoms with van der Waals surface area (Å²) in [5.74, 6) is -2.06. The highest BCUT2D eigenvalue weighted by atomic mass is 16.4. The van der Waals surface area contributed by atoms with Crippen molar-refractivity contribution in [3.8, 4) is 0 Å². The number of aliphatic carboxylic acids is 1. The third-order valence-corrected chi connectivity index (χ3v) is 3.63. The van der Waals surface area contributed by atoms with Crippen molar-refractivity contribution in [2.75, 3.05) is 6.54 Å². The smallest absolute Gasteiger partial charge is 0.322 e. The molecule has 6 heteroatoms. The standard InChI is InChI=1S/C19H20N2O4/c1-13-7-9-14(10-8-13)11-16(19(25)20-12-17(22)23)21-18(24)15-5-3-2-4-6-15/h2-10,16H,11-12H2,1H3,(H,20,25)(H,21,24)(H,22,23)/t16-/m1/s1. The van der Waals surface area contributed by atoms with Crippen LogP contribution in [-0.4, -0.2) is 35.5 Å². The fraction of sp³-hybridized carbons (Fsp3) is 0.211. The Hall–Kier alpha value is -3.15. The number of aryl methyl sites for hydroxylation is 1. The SMILES string of the molecule is Cc1ccc(C[C@@H](NC(=O)c2ccccc2)C(=O)NCC(=O)O)cc1. The van der Waals surface area contributed by atoms with Crippen LogP contribution in [0.5, 0.6) is 0 Å². The van der Waals surface area contributed by atoms with Crippen LogP contribution in [0.1, 0.15) is 21.5 Å². The van der Waals surface area contributed by atoms with Crippen LogP contribution < -0.4 is 10.6 Å². The van der Waals surface area contributed by atoms with Gasteiger partial charge in [-0.3, -0.25) is 14.4 Å². The second-order valence-electron chi connectivity index (χ2n) is 5.69. The zero-order valence-corrected chi connectivity index (χ0v) is 13.9. The van der Waals surface area contributed by atoms with Crippen LogP contribution in [0.4, 0.5) is 0 Å². The molecule has 0 aliphatic carbocycles. The highest BCUT2D eigenvalue weighted by Gasteiger charge is 2.22. The van der Waals surface area contributed by atoms with Crippen LogP contribution in [-0.2, 0) is 16.0 Å². The molecule has 2 aromatic rings. The molecule has 0 saturated carbocycles. The van der Waals surface area contributed by atoms with Crippen LogP contribution in [0.25, 0.3) is 0 Å². The third-order valence-electron chi connectivity index (χ3n) is 3.63. The molecule has 6 nitrogen and oxygen atoms in total. The molecule has 2 rings (SSSR count). The molecule has 1 atom stereocenters. The highest BCUT2D eigenvalue weighted by Crippen LogP contribution is 2.08. The third kappa shape index (κ3) is 5.76. The number of nitrogens with one attached hydrogen (secondary N) is 2. The van der Waals surface area contributed by atoms with Crippen molar-refractivity contribution in [2.24, 2.45) is 0 Å². The summed E-state index contributed by atoms with van der Waals surface area (Å²) >= 11 is 0. The van der Waals surface area contributed by atoms with E-state index in [2.05, 4.69) is 10.6 Å². The second-order valence-corrected chi connectivity index (χ2v) is 5.69. The van der Waals surface area contributed by atoms with Crippen molar-refractivity contribution in [1.29, 1.82) is 0 Å². The molecule has 0 aromatic heterocycles.